The Morgan fingerprint density at radius 2 is 2.12 bits per heavy atom. The van der Waals surface area contributed by atoms with Crippen molar-refractivity contribution in [3.05, 3.63) is 29.3 Å². The molecule has 4 heteroatoms. The first kappa shape index (κ1) is 18.2. The summed E-state index contributed by atoms with van der Waals surface area (Å²) in [4.78, 5) is 12.0. The molecule has 0 aromatic heterocycles. The maximum Gasteiger partial charge on any atom is 0.303 e. The first-order valence-electron chi connectivity index (χ1n) is 9.61. The second kappa shape index (κ2) is 7.36. The van der Waals surface area contributed by atoms with Crippen molar-refractivity contribution in [2.24, 2.45) is 5.92 Å². The molecule has 138 valence electrons. The van der Waals surface area contributed by atoms with E-state index in [1.807, 2.05) is 0 Å². The van der Waals surface area contributed by atoms with E-state index < -0.39 is 5.97 Å². The molecule has 25 heavy (non-hydrogen) atoms. The number of carboxylic acids is 1. The molecular formula is C21H31NO3. The van der Waals surface area contributed by atoms with Crippen molar-refractivity contribution >= 4 is 5.97 Å². The van der Waals surface area contributed by atoms with Crippen molar-refractivity contribution in [3.63, 3.8) is 0 Å². The number of likely N-dealkylation sites (N-methyl/N-ethyl adjacent to an activating group) is 1. The lowest BCUT2D eigenvalue weighted by atomic mass is 9.52. The third-order valence-electron chi connectivity index (χ3n) is 6.62. The van der Waals surface area contributed by atoms with Gasteiger partial charge in [-0.05, 0) is 68.5 Å². The standard InChI is InChI=1S/C18H25NO.C3H6O2/c1-19-10-9-18-8-4-3-5-15(18)17(19)11-13-6-7-14(20-2)12-16(13)18;1-2-3(4)5/h6-7,12,15,17H,3-5,8-11H2,1-2H3;2H2,1H3,(H,4,5)/t15-,17+,18+;/m1./s1. The number of rotatable bonds is 2. The quantitative estimate of drug-likeness (QED) is 0.884. The molecule has 0 spiro atoms. The molecule has 4 rings (SSSR count). The van der Waals surface area contributed by atoms with E-state index in [1.54, 1.807) is 25.2 Å². The van der Waals surface area contributed by atoms with Crippen molar-refractivity contribution < 1.29 is 14.6 Å². The van der Waals surface area contributed by atoms with Crippen LogP contribution in [0.3, 0.4) is 0 Å². The minimum atomic E-state index is -0.745. The highest BCUT2D eigenvalue weighted by atomic mass is 16.5. The fraction of sp³-hybridized carbons (Fsp3) is 0.667. The lowest BCUT2D eigenvalue weighted by Crippen LogP contribution is -2.59. The molecule has 1 N–H and O–H groups in total. The van der Waals surface area contributed by atoms with E-state index in [4.69, 9.17) is 9.84 Å². The molecular weight excluding hydrogens is 314 g/mol. The Kier molecular flexibility index (Phi) is 5.38. The lowest BCUT2D eigenvalue weighted by Gasteiger charge is -2.58. The second-order valence-electron chi connectivity index (χ2n) is 7.78. The zero-order valence-electron chi connectivity index (χ0n) is 15.8. The van der Waals surface area contributed by atoms with Gasteiger partial charge in [0, 0.05) is 17.9 Å². The maximum atomic E-state index is 9.37. The summed E-state index contributed by atoms with van der Waals surface area (Å²) < 4.78 is 5.51. The van der Waals surface area contributed by atoms with E-state index in [0.717, 1.165) is 17.7 Å². The summed E-state index contributed by atoms with van der Waals surface area (Å²) in [5, 5.41) is 7.72. The van der Waals surface area contributed by atoms with Gasteiger partial charge in [-0.1, -0.05) is 25.8 Å². The Morgan fingerprint density at radius 3 is 2.80 bits per heavy atom. The number of nitrogens with zero attached hydrogens (tertiary/aromatic N) is 1. The van der Waals surface area contributed by atoms with Crippen LogP contribution in [0.2, 0.25) is 0 Å². The largest absolute Gasteiger partial charge is 0.497 e. The number of benzene rings is 1. The van der Waals surface area contributed by atoms with Crippen LogP contribution in [0.25, 0.3) is 0 Å². The summed E-state index contributed by atoms with van der Waals surface area (Å²) in [6.07, 6.45) is 8.44. The van der Waals surface area contributed by atoms with Crippen molar-refractivity contribution in [2.75, 3.05) is 20.7 Å². The Labute approximate surface area is 151 Å². The van der Waals surface area contributed by atoms with E-state index in [9.17, 15) is 4.79 Å². The van der Waals surface area contributed by atoms with E-state index >= 15 is 0 Å². The highest BCUT2D eigenvalue weighted by Crippen LogP contribution is 2.55. The third kappa shape index (κ3) is 3.29. The topological polar surface area (TPSA) is 49.8 Å². The number of ether oxygens (including phenoxy) is 1. The van der Waals surface area contributed by atoms with Gasteiger partial charge in [-0.3, -0.25) is 4.79 Å². The predicted molar refractivity (Wildman–Crippen MR) is 99.3 cm³/mol. The molecule has 0 unspecified atom stereocenters. The van der Waals surface area contributed by atoms with Gasteiger partial charge in [0.1, 0.15) is 5.75 Å². The summed E-state index contributed by atoms with van der Waals surface area (Å²) in [5.74, 6) is 1.17. The number of fused-ring (bicyclic) bond motifs is 1. The number of hydrogen-bond donors (Lipinski definition) is 1. The van der Waals surface area contributed by atoms with Crippen LogP contribution in [-0.4, -0.2) is 42.7 Å². The molecule has 2 bridgehead atoms. The van der Waals surface area contributed by atoms with Gasteiger partial charge in [-0.25, -0.2) is 0 Å². The van der Waals surface area contributed by atoms with Gasteiger partial charge in [-0.15, -0.1) is 0 Å². The monoisotopic (exact) mass is 345 g/mol. The number of likely N-dealkylation sites (tertiary alicyclic amines) is 1. The van der Waals surface area contributed by atoms with Crippen molar-refractivity contribution in [1.29, 1.82) is 0 Å². The number of carbonyl (C=O) groups is 1. The lowest BCUT2D eigenvalue weighted by molar-refractivity contribution is -0.136. The SMILES string of the molecule is CCC(=O)O.COc1ccc2c(c1)[C@]13CCCC[C@@H]1[C@H](C2)N(C)CC3. The van der Waals surface area contributed by atoms with Gasteiger partial charge < -0.3 is 14.7 Å². The average molecular weight is 345 g/mol. The van der Waals surface area contributed by atoms with Crippen LogP contribution in [0.4, 0.5) is 0 Å². The van der Waals surface area contributed by atoms with E-state index in [-0.39, 0.29) is 6.42 Å². The van der Waals surface area contributed by atoms with Gasteiger partial charge in [0.15, 0.2) is 0 Å². The van der Waals surface area contributed by atoms with Crippen LogP contribution in [0, 0.1) is 5.92 Å². The number of hydrogen-bond acceptors (Lipinski definition) is 3. The van der Waals surface area contributed by atoms with Crippen molar-refractivity contribution in [1.82, 2.24) is 4.90 Å². The van der Waals surface area contributed by atoms with E-state index in [2.05, 4.69) is 30.1 Å². The molecule has 2 fully saturated rings. The Morgan fingerprint density at radius 1 is 1.36 bits per heavy atom. The average Bonchev–Trinajstić information content (AvgIpc) is 2.65. The second-order valence-corrected chi connectivity index (χ2v) is 7.78. The molecule has 0 radical (unpaired) electrons. The van der Waals surface area contributed by atoms with Crippen LogP contribution >= 0.6 is 0 Å². The summed E-state index contributed by atoms with van der Waals surface area (Å²) >= 11 is 0. The van der Waals surface area contributed by atoms with E-state index in [1.165, 1.54) is 45.1 Å². The Balaban J connectivity index is 0.000000324. The van der Waals surface area contributed by atoms with Gasteiger partial charge in [-0.2, -0.15) is 0 Å². The molecule has 1 saturated carbocycles. The van der Waals surface area contributed by atoms with Crippen LogP contribution in [0.1, 0.15) is 56.6 Å². The third-order valence-corrected chi connectivity index (χ3v) is 6.62. The van der Waals surface area contributed by atoms with E-state index in [0.29, 0.717) is 5.41 Å². The molecule has 1 aliphatic heterocycles. The molecule has 4 nitrogen and oxygen atoms in total. The Bertz CT molecular complexity index is 630. The number of aliphatic carboxylic acids is 1. The molecule has 0 amide bonds. The molecule has 3 aliphatic rings. The molecule has 1 heterocycles. The zero-order valence-corrected chi connectivity index (χ0v) is 15.8. The normalized spacial score (nSPS) is 30.4. The van der Waals surface area contributed by atoms with Crippen LogP contribution in [0.15, 0.2) is 18.2 Å². The van der Waals surface area contributed by atoms with Crippen molar-refractivity contribution in [2.45, 2.75) is 63.3 Å². The molecule has 1 aromatic carbocycles. The van der Waals surface area contributed by atoms with Crippen molar-refractivity contribution in [3.8, 4) is 5.75 Å². The van der Waals surface area contributed by atoms with Gasteiger partial charge in [0.25, 0.3) is 0 Å². The first-order chi connectivity index (χ1) is 12.0. The maximum absolute atomic E-state index is 9.37. The highest BCUT2D eigenvalue weighted by Gasteiger charge is 2.53. The minimum absolute atomic E-state index is 0.222. The zero-order chi connectivity index (χ0) is 18.0. The number of methoxy groups -OCH3 is 1. The van der Waals surface area contributed by atoms with Crippen LogP contribution < -0.4 is 4.74 Å². The summed E-state index contributed by atoms with van der Waals surface area (Å²) in [5.41, 5.74) is 3.67. The summed E-state index contributed by atoms with van der Waals surface area (Å²) in [6, 6.07) is 7.60. The fourth-order valence-corrected chi connectivity index (χ4v) is 5.30. The van der Waals surface area contributed by atoms with Crippen LogP contribution in [-0.2, 0) is 16.6 Å². The molecule has 1 aromatic rings. The molecule has 1 saturated heterocycles. The smallest absolute Gasteiger partial charge is 0.303 e. The number of carboxylic acid groups (broad SMARTS) is 1. The Hall–Kier alpha value is -1.55. The molecule has 2 aliphatic carbocycles. The van der Waals surface area contributed by atoms with Crippen LogP contribution in [0.5, 0.6) is 5.75 Å². The molecule has 3 atom stereocenters. The summed E-state index contributed by atoms with van der Waals surface area (Å²) in [7, 11) is 4.12. The first-order valence-corrected chi connectivity index (χ1v) is 9.61. The van der Waals surface area contributed by atoms with Gasteiger partial charge >= 0.3 is 5.97 Å². The highest BCUT2D eigenvalue weighted by molar-refractivity contribution is 5.66. The number of piperidine rings is 1. The minimum Gasteiger partial charge on any atom is -0.497 e. The predicted octanol–water partition coefficient (Wildman–Crippen LogP) is 3.86. The summed E-state index contributed by atoms with van der Waals surface area (Å²) in [6.45, 7) is 2.86. The van der Waals surface area contributed by atoms with Gasteiger partial charge in [0.05, 0.1) is 7.11 Å². The fourth-order valence-electron chi connectivity index (χ4n) is 5.30. The van der Waals surface area contributed by atoms with Gasteiger partial charge in [0.2, 0.25) is 0 Å².